The molecule has 3 aromatic rings. The van der Waals surface area contributed by atoms with Crippen LogP contribution in [0.5, 0.6) is 0 Å². The van der Waals surface area contributed by atoms with Gasteiger partial charge in [0, 0.05) is 19.3 Å². The Balaban J connectivity index is 1.56. The molecule has 1 heterocycles. The highest BCUT2D eigenvalue weighted by Gasteiger charge is 2.11. The Morgan fingerprint density at radius 3 is 2.54 bits per heavy atom. The molecule has 0 radical (unpaired) electrons. The summed E-state index contributed by atoms with van der Waals surface area (Å²) in [5, 5.41) is 11.2. The van der Waals surface area contributed by atoms with Gasteiger partial charge in [0.2, 0.25) is 11.8 Å². The van der Waals surface area contributed by atoms with Gasteiger partial charge in [-0.05, 0) is 71.1 Å². The molecule has 0 spiro atoms. The summed E-state index contributed by atoms with van der Waals surface area (Å²) in [5.74, 6) is 0.515. The Kier molecular flexibility index (Phi) is 5.90. The number of anilines is 1. The molecule has 1 amide bonds. The van der Waals surface area contributed by atoms with E-state index in [0.717, 1.165) is 19.3 Å². The van der Waals surface area contributed by atoms with E-state index in [-0.39, 0.29) is 11.7 Å². The van der Waals surface area contributed by atoms with Gasteiger partial charge in [-0.15, -0.1) is 10.2 Å². The predicted octanol–water partition coefficient (Wildman–Crippen LogP) is 4.83. The van der Waals surface area contributed by atoms with Crippen molar-refractivity contribution >= 4 is 61.9 Å². The third-order valence-electron chi connectivity index (χ3n) is 2.95. The third-order valence-corrected chi connectivity index (χ3v) is 5.02. The molecular formula is C16H11BrIN3O2S. The normalized spacial score (nSPS) is 10.6. The van der Waals surface area contributed by atoms with E-state index in [9.17, 15) is 4.79 Å². The van der Waals surface area contributed by atoms with Gasteiger partial charge in [0.1, 0.15) is 0 Å². The number of aromatic nitrogens is 2. The molecule has 1 aromatic heterocycles. The number of nitrogens with zero attached hydrogens (tertiary/aromatic N) is 2. The molecule has 0 unspecified atom stereocenters. The van der Waals surface area contributed by atoms with Gasteiger partial charge in [0.25, 0.3) is 5.22 Å². The summed E-state index contributed by atoms with van der Waals surface area (Å²) >= 11 is 6.80. The van der Waals surface area contributed by atoms with Gasteiger partial charge >= 0.3 is 0 Å². The Labute approximate surface area is 164 Å². The Hall–Kier alpha value is -1.39. The molecule has 2 aromatic carbocycles. The molecule has 3 rings (SSSR count). The average molecular weight is 516 g/mol. The number of amides is 1. The molecule has 1 N–H and O–H groups in total. The number of benzene rings is 2. The van der Waals surface area contributed by atoms with Gasteiger partial charge in [-0.25, -0.2) is 0 Å². The quantitative estimate of drug-likeness (QED) is 0.389. The first-order valence-electron chi connectivity index (χ1n) is 6.88. The lowest BCUT2D eigenvalue weighted by Crippen LogP contribution is -2.13. The van der Waals surface area contributed by atoms with E-state index in [4.69, 9.17) is 4.42 Å². The molecule has 0 saturated heterocycles. The van der Waals surface area contributed by atoms with Crippen molar-refractivity contribution in [2.45, 2.75) is 5.22 Å². The zero-order chi connectivity index (χ0) is 16.9. The second kappa shape index (κ2) is 8.13. The first-order chi connectivity index (χ1) is 11.6. The minimum atomic E-state index is -0.121. The molecule has 0 atom stereocenters. The summed E-state index contributed by atoms with van der Waals surface area (Å²) in [6.45, 7) is 0. The van der Waals surface area contributed by atoms with Gasteiger partial charge in [-0.2, -0.15) is 0 Å². The fourth-order valence-electron chi connectivity index (χ4n) is 1.83. The van der Waals surface area contributed by atoms with Crippen LogP contribution in [0.3, 0.4) is 0 Å². The number of hydrogen-bond acceptors (Lipinski definition) is 5. The van der Waals surface area contributed by atoms with Crippen LogP contribution in [-0.2, 0) is 4.79 Å². The fourth-order valence-corrected chi connectivity index (χ4v) is 3.02. The van der Waals surface area contributed by atoms with Crippen LogP contribution in [0, 0.1) is 3.57 Å². The average Bonchev–Trinajstić information content (AvgIpc) is 3.05. The number of halogens is 2. The van der Waals surface area contributed by atoms with Crippen LogP contribution in [0.25, 0.3) is 11.5 Å². The van der Waals surface area contributed by atoms with Crippen molar-refractivity contribution in [1.29, 1.82) is 0 Å². The van der Waals surface area contributed by atoms with Crippen molar-refractivity contribution in [2.24, 2.45) is 0 Å². The van der Waals surface area contributed by atoms with Crippen molar-refractivity contribution in [3.8, 4) is 11.5 Å². The SMILES string of the molecule is O=C(CSc1nnc(-c2ccc(Br)cc2)o1)Nc1ccc(I)cc1. The molecule has 0 aliphatic carbocycles. The number of hydrogen-bond donors (Lipinski definition) is 1. The summed E-state index contributed by atoms with van der Waals surface area (Å²) in [5.41, 5.74) is 1.60. The van der Waals surface area contributed by atoms with E-state index in [1.54, 1.807) is 0 Å². The van der Waals surface area contributed by atoms with E-state index < -0.39 is 0 Å². The summed E-state index contributed by atoms with van der Waals surface area (Å²) in [4.78, 5) is 12.0. The van der Waals surface area contributed by atoms with E-state index in [0.29, 0.717) is 11.1 Å². The fraction of sp³-hybridized carbons (Fsp3) is 0.0625. The highest BCUT2D eigenvalue weighted by molar-refractivity contribution is 14.1. The molecule has 0 aliphatic rings. The Bertz CT molecular complexity index is 837. The monoisotopic (exact) mass is 515 g/mol. The van der Waals surface area contributed by atoms with Crippen LogP contribution in [0.2, 0.25) is 0 Å². The van der Waals surface area contributed by atoms with E-state index in [1.807, 2.05) is 48.5 Å². The zero-order valence-electron chi connectivity index (χ0n) is 12.2. The van der Waals surface area contributed by atoms with Crippen molar-refractivity contribution in [3.63, 3.8) is 0 Å². The smallest absolute Gasteiger partial charge is 0.277 e. The molecule has 0 aliphatic heterocycles. The predicted molar refractivity (Wildman–Crippen MR) is 106 cm³/mol. The van der Waals surface area contributed by atoms with Crippen molar-refractivity contribution < 1.29 is 9.21 Å². The minimum absolute atomic E-state index is 0.121. The molecule has 24 heavy (non-hydrogen) atoms. The van der Waals surface area contributed by atoms with Crippen LogP contribution in [-0.4, -0.2) is 21.9 Å². The molecule has 8 heteroatoms. The van der Waals surface area contributed by atoms with E-state index in [2.05, 4.69) is 54.0 Å². The topological polar surface area (TPSA) is 68.0 Å². The number of thioether (sulfide) groups is 1. The minimum Gasteiger partial charge on any atom is -0.411 e. The van der Waals surface area contributed by atoms with E-state index >= 15 is 0 Å². The maximum atomic E-state index is 12.0. The maximum Gasteiger partial charge on any atom is 0.277 e. The lowest BCUT2D eigenvalue weighted by molar-refractivity contribution is -0.113. The van der Waals surface area contributed by atoms with Crippen LogP contribution in [0.4, 0.5) is 5.69 Å². The first kappa shape index (κ1) is 17.4. The number of carbonyl (C=O) groups is 1. The lowest BCUT2D eigenvalue weighted by Gasteiger charge is -2.03. The summed E-state index contributed by atoms with van der Waals surface area (Å²) < 4.78 is 7.67. The second-order valence-corrected chi connectivity index (χ2v) is 7.81. The highest BCUT2D eigenvalue weighted by Crippen LogP contribution is 2.24. The molecule has 0 fully saturated rings. The molecule has 0 bridgehead atoms. The Morgan fingerprint density at radius 1 is 1.12 bits per heavy atom. The molecule has 0 saturated carbocycles. The van der Waals surface area contributed by atoms with Crippen molar-refractivity contribution in [3.05, 3.63) is 56.6 Å². The van der Waals surface area contributed by atoms with Crippen LogP contribution < -0.4 is 5.32 Å². The molecule has 5 nitrogen and oxygen atoms in total. The van der Waals surface area contributed by atoms with Gasteiger partial charge in [0.15, 0.2) is 0 Å². The molecule has 122 valence electrons. The largest absolute Gasteiger partial charge is 0.411 e. The highest BCUT2D eigenvalue weighted by atomic mass is 127. The second-order valence-electron chi connectivity index (χ2n) is 4.72. The van der Waals surface area contributed by atoms with Crippen LogP contribution in [0.15, 0.2) is 62.6 Å². The third kappa shape index (κ3) is 4.81. The number of rotatable bonds is 5. The summed E-state index contributed by atoms with van der Waals surface area (Å²) in [6.07, 6.45) is 0. The van der Waals surface area contributed by atoms with Gasteiger partial charge in [0.05, 0.1) is 5.75 Å². The van der Waals surface area contributed by atoms with Crippen LogP contribution >= 0.6 is 50.3 Å². The van der Waals surface area contributed by atoms with Gasteiger partial charge < -0.3 is 9.73 Å². The molecular weight excluding hydrogens is 505 g/mol. The summed E-state index contributed by atoms with van der Waals surface area (Å²) in [7, 11) is 0. The first-order valence-corrected chi connectivity index (χ1v) is 9.73. The lowest BCUT2D eigenvalue weighted by atomic mass is 10.2. The van der Waals surface area contributed by atoms with Gasteiger partial charge in [-0.1, -0.05) is 27.7 Å². The van der Waals surface area contributed by atoms with E-state index in [1.165, 1.54) is 11.8 Å². The van der Waals surface area contributed by atoms with Crippen molar-refractivity contribution in [1.82, 2.24) is 10.2 Å². The zero-order valence-corrected chi connectivity index (χ0v) is 16.8. The number of carbonyl (C=O) groups excluding carboxylic acids is 1. The number of nitrogens with one attached hydrogen (secondary N) is 1. The standard InChI is InChI=1S/C16H11BrIN3O2S/c17-11-3-1-10(2-4-11)15-20-21-16(23-15)24-9-14(22)19-13-7-5-12(18)6-8-13/h1-8H,9H2,(H,19,22). The maximum absolute atomic E-state index is 12.0. The van der Waals surface area contributed by atoms with Crippen LogP contribution in [0.1, 0.15) is 0 Å². The van der Waals surface area contributed by atoms with Gasteiger partial charge in [-0.3, -0.25) is 4.79 Å². The van der Waals surface area contributed by atoms with Crippen molar-refractivity contribution in [2.75, 3.05) is 11.1 Å². The summed E-state index contributed by atoms with van der Waals surface area (Å²) in [6, 6.07) is 15.2. The Morgan fingerprint density at radius 2 is 1.83 bits per heavy atom.